The van der Waals surface area contributed by atoms with Crippen LogP contribution in [0, 0.1) is 58.2 Å². The Balaban J connectivity index is 3.45. The van der Waals surface area contributed by atoms with Crippen molar-refractivity contribution < 1.29 is 75.4 Å². The molecule has 2 rings (SSSR count). The second-order valence-corrected chi connectivity index (χ2v) is 16.4. The quantitative estimate of drug-likeness (QED) is 0.119. The molecule has 0 aliphatic heterocycles. The van der Waals surface area contributed by atoms with Gasteiger partial charge in [0.25, 0.3) is 0 Å². The Bertz CT molecular complexity index is 1250. The lowest BCUT2D eigenvalue weighted by Gasteiger charge is -2.44. The lowest BCUT2D eigenvalue weighted by atomic mass is 10.3. The number of rotatable bonds is 11. The smallest absolute Gasteiger partial charge is 0.364 e. The molecule has 40 heavy (non-hydrogen) atoms. The van der Waals surface area contributed by atoms with Crippen LogP contribution in [0.2, 0.25) is 0 Å². The molecule has 19 heteroatoms. The summed E-state index contributed by atoms with van der Waals surface area (Å²) in [5, 5.41) is -4.38. The topological polar surface area (TPSA) is 36.9 Å². The van der Waals surface area contributed by atoms with Crippen molar-refractivity contribution in [2.45, 2.75) is 19.3 Å². The number of benzene rings is 2. The fourth-order valence-corrected chi connectivity index (χ4v) is 16.6. The van der Waals surface area contributed by atoms with Crippen molar-refractivity contribution in [3.05, 3.63) is 70.1 Å². The summed E-state index contributed by atoms with van der Waals surface area (Å²) >= 11 is 0. The van der Waals surface area contributed by atoms with E-state index in [0.29, 0.717) is 14.2 Å². The van der Waals surface area contributed by atoms with Crippen LogP contribution in [0.3, 0.4) is 0 Å². The molecule has 0 saturated heterocycles. The average Bonchev–Trinajstić information content (AvgIpc) is 2.93. The fraction of sp³-hybridized carbons (Fsp3) is 0.333. The third-order valence-electron chi connectivity index (χ3n) is 5.65. The van der Waals surface area contributed by atoms with Crippen LogP contribution in [-0.4, -0.2) is 49.2 Å². The number of hydrogen-bond acceptors (Lipinski definition) is 4. The minimum atomic E-state index is -6.16. The molecule has 2 aromatic carbocycles. The Kier molecular flexibility index (Phi) is 10.6. The number of ether oxygens (including phenoxy) is 2. The van der Waals surface area contributed by atoms with Crippen molar-refractivity contribution in [3.8, 4) is 0 Å². The summed E-state index contributed by atoms with van der Waals surface area (Å²) in [5.74, 6) is -30.6. The highest BCUT2D eigenvalue weighted by atomic mass is 29.3. The van der Waals surface area contributed by atoms with E-state index in [1.165, 1.54) is 0 Å². The van der Waals surface area contributed by atoms with Crippen LogP contribution >= 0.6 is 0 Å². The predicted octanol–water partition coefficient (Wildman–Crippen LogP) is 4.62. The first-order chi connectivity index (χ1) is 18.6. The van der Waals surface area contributed by atoms with Crippen molar-refractivity contribution in [3.63, 3.8) is 0 Å². The minimum Gasteiger partial charge on any atom is -0.397 e. The van der Waals surface area contributed by atoms with Gasteiger partial charge in [0.15, 0.2) is 46.5 Å². The first-order valence-corrected chi connectivity index (χ1v) is 15.5. The maximum Gasteiger partial charge on any atom is 0.364 e. The molecule has 2 aromatic rings. The lowest BCUT2D eigenvalue weighted by Crippen LogP contribution is -2.80. The van der Waals surface area contributed by atoms with Gasteiger partial charge in [-0.05, 0) is 13.8 Å². The third-order valence-corrected chi connectivity index (χ3v) is 17.8. The maximum absolute atomic E-state index is 15.4. The highest BCUT2D eigenvalue weighted by molar-refractivity contribution is 7.38. The van der Waals surface area contributed by atoms with Gasteiger partial charge in [-0.1, -0.05) is 0 Å². The molecule has 4 nitrogen and oxygen atoms in total. The van der Waals surface area contributed by atoms with Crippen molar-refractivity contribution in [2.24, 2.45) is 0 Å². The summed E-state index contributed by atoms with van der Waals surface area (Å²) in [6, 6.07) is 0. The van der Waals surface area contributed by atoms with Gasteiger partial charge in [-0.3, -0.25) is 0 Å². The molecule has 1 atom stereocenters. The van der Waals surface area contributed by atoms with Crippen LogP contribution in [0.4, 0.5) is 57.1 Å². The Morgan fingerprint density at radius 2 is 0.925 bits per heavy atom. The van der Waals surface area contributed by atoms with Gasteiger partial charge < -0.3 is 18.3 Å². The van der Waals surface area contributed by atoms with E-state index in [-0.39, 0.29) is 0 Å². The molecule has 0 radical (unpaired) electrons. The van der Waals surface area contributed by atoms with E-state index < -0.39 is 115 Å². The molecule has 0 saturated carbocycles. The van der Waals surface area contributed by atoms with E-state index in [0.717, 1.165) is 13.8 Å². The van der Waals surface area contributed by atoms with Gasteiger partial charge in [0.05, 0.1) is 5.19 Å². The third kappa shape index (κ3) is 5.06. The van der Waals surface area contributed by atoms with E-state index in [1.54, 1.807) is 0 Å². The van der Waals surface area contributed by atoms with Crippen molar-refractivity contribution in [1.82, 2.24) is 0 Å². The molecule has 224 valence electrons. The summed E-state index contributed by atoms with van der Waals surface area (Å²) < 4.78 is 209. The number of hydrogen-bond donors (Lipinski definition) is 0. The van der Waals surface area contributed by atoms with E-state index in [2.05, 4.69) is 0 Å². The second-order valence-electron chi connectivity index (χ2n) is 7.55. The van der Waals surface area contributed by atoms with Crippen LogP contribution in [0.5, 0.6) is 0 Å². The van der Waals surface area contributed by atoms with Gasteiger partial charge in [0, 0.05) is 32.6 Å². The Morgan fingerprint density at radius 1 is 0.600 bits per heavy atom. The SMILES string of the molecule is CCOC(OCC)(C(F)=C(F)F)[SiH](c1c(F)c(F)c(F)c(F)c1F)[Si](OC)(OC)c1c(F)c(F)c(F)c(F)c1F. The van der Waals surface area contributed by atoms with Crippen LogP contribution in [0.15, 0.2) is 11.9 Å². The van der Waals surface area contributed by atoms with Gasteiger partial charge in [-0.2, -0.15) is 8.78 Å². The Labute approximate surface area is 219 Å². The summed E-state index contributed by atoms with van der Waals surface area (Å²) in [5.41, 5.74) is -3.97. The monoisotopic (exact) mass is 636 g/mol. The molecule has 0 spiro atoms. The minimum absolute atomic E-state index is 0.371. The molecule has 0 aromatic heterocycles. The number of halogens is 13. The standard InChI is InChI=1S/C21H17F13O4Si2/c1-5-37-21(38-6-2,19(32)20(33)34)39(17-13(28)9(24)7(22)10(25)14(17)29)40(35-3,36-4)18-15(30)11(26)8(23)12(27)16(18)31/h39H,5-6H2,1-4H3. The molecular formula is C21H17F13O4Si2. The van der Waals surface area contributed by atoms with Crippen LogP contribution in [0.25, 0.3) is 0 Å². The van der Waals surface area contributed by atoms with E-state index in [4.69, 9.17) is 18.3 Å². The Hall–Kier alpha value is -2.46. The van der Waals surface area contributed by atoms with Crippen LogP contribution in [0.1, 0.15) is 13.8 Å². The molecule has 0 amide bonds. The molecule has 0 heterocycles. The van der Waals surface area contributed by atoms with E-state index >= 15 is 22.0 Å². The normalized spacial score (nSPS) is 13.1. The first-order valence-electron chi connectivity index (χ1n) is 10.7. The van der Waals surface area contributed by atoms with Crippen molar-refractivity contribution in [1.29, 1.82) is 0 Å². The predicted molar refractivity (Wildman–Crippen MR) is 115 cm³/mol. The zero-order chi connectivity index (χ0) is 30.9. The summed E-state index contributed by atoms with van der Waals surface area (Å²) in [6.07, 6.45) is -3.37. The van der Waals surface area contributed by atoms with Gasteiger partial charge in [0.2, 0.25) is 31.2 Å². The van der Waals surface area contributed by atoms with Gasteiger partial charge in [-0.25, -0.2) is 48.3 Å². The molecule has 0 N–H and O–H groups in total. The molecule has 0 aliphatic rings. The van der Waals surface area contributed by atoms with Gasteiger partial charge >= 0.3 is 14.2 Å². The van der Waals surface area contributed by atoms with E-state index in [9.17, 15) is 35.1 Å². The van der Waals surface area contributed by atoms with Gasteiger partial charge in [0.1, 0.15) is 0 Å². The van der Waals surface area contributed by atoms with Gasteiger partial charge in [-0.15, -0.1) is 0 Å². The van der Waals surface area contributed by atoms with Crippen LogP contribution in [-0.2, 0) is 18.3 Å². The molecular weight excluding hydrogens is 619 g/mol. The molecule has 0 bridgehead atoms. The van der Waals surface area contributed by atoms with E-state index in [1.807, 2.05) is 0 Å². The maximum atomic E-state index is 15.4. The van der Waals surface area contributed by atoms with Crippen molar-refractivity contribution >= 4 is 26.8 Å². The molecule has 1 unspecified atom stereocenters. The zero-order valence-electron chi connectivity index (χ0n) is 20.5. The largest absolute Gasteiger partial charge is 0.397 e. The summed E-state index contributed by atoms with van der Waals surface area (Å²) in [6.45, 7) is -0.00588. The fourth-order valence-electron chi connectivity index (χ4n) is 4.11. The zero-order valence-corrected chi connectivity index (χ0v) is 22.7. The summed E-state index contributed by atoms with van der Waals surface area (Å²) in [7, 11) is -11.2. The second kappa shape index (κ2) is 12.6. The Morgan fingerprint density at radius 3 is 1.23 bits per heavy atom. The lowest BCUT2D eigenvalue weighted by molar-refractivity contribution is -0.164. The van der Waals surface area contributed by atoms with Crippen molar-refractivity contribution in [2.75, 3.05) is 27.4 Å². The first kappa shape index (κ1) is 33.7. The summed E-state index contributed by atoms with van der Waals surface area (Å²) in [4.78, 5) is 0. The highest BCUT2D eigenvalue weighted by Gasteiger charge is 2.68. The molecule has 0 fully saturated rings. The highest BCUT2D eigenvalue weighted by Crippen LogP contribution is 2.38. The van der Waals surface area contributed by atoms with Crippen LogP contribution < -0.4 is 10.4 Å². The average molecular weight is 637 g/mol. The molecule has 0 aliphatic carbocycles.